The largest absolute Gasteiger partial charge is 0.618 e. The molecule has 3 rings (SSSR count). The third-order valence-electron chi connectivity index (χ3n) is 4.34. The predicted molar refractivity (Wildman–Crippen MR) is 112 cm³/mol. The molecule has 6 nitrogen and oxygen atoms in total. The molecule has 0 unspecified atom stereocenters. The van der Waals surface area contributed by atoms with Gasteiger partial charge in [-0.05, 0) is 53.2 Å². The van der Waals surface area contributed by atoms with Crippen molar-refractivity contribution in [1.29, 1.82) is 0 Å². The molecule has 29 heavy (non-hydrogen) atoms. The summed E-state index contributed by atoms with van der Waals surface area (Å²) in [4.78, 5) is 12.6. The number of methoxy groups -OCH3 is 2. The summed E-state index contributed by atoms with van der Waals surface area (Å²) >= 11 is 1.20. The second kappa shape index (κ2) is 9.84. The third kappa shape index (κ3) is 5.42. The molecule has 0 aliphatic carbocycles. The molecule has 0 spiro atoms. The Bertz CT molecular complexity index is 898. The van der Waals surface area contributed by atoms with Gasteiger partial charge in [0.15, 0.2) is 6.20 Å². The molecule has 1 amide bonds. The number of rotatable bonds is 8. The topological polar surface area (TPSA) is 74.5 Å². The summed E-state index contributed by atoms with van der Waals surface area (Å²) in [7, 11) is 3.22. The number of nitrogens with one attached hydrogen (secondary N) is 1. The minimum absolute atomic E-state index is 0.134. The zero-order valence-electron chi connectivity index (χ0n) is 16.2. The van der Waals surface area contributed by atoms with Crippen LogP contribution >= 0.6 is 11.8 Å². The normalized spacial score (nSPS) is 10.6. The molecule has 1 aromatic heterocycles. The van der Waals surface area contributed by atoms with Crippen molar-refractivity contribution in [3.63, 3.8) is 0 Å². The van der Waals surface area contributed by atoms with Gasteiger partial charge in [-0.15, -0.1) is 0 Å². The number of hydrogen-bond acceptors (Lipinski definition) is 5. The van der Waals surface area contributed by atoms with Gasteiger partial charge in [-0.3, -0.25) is 4.79 Å². The van der Waals surface area contributed by atoms with Gasteiger partial charge in [0.05, 0.1) is 26.0 Å². The number of hydrogen-bond donors (Lipinski definition) is 1. The Morgan fingerprint density at radius 3 is 2.00 bits per heavy atom. The molecule has 0 bridgehead atoms. The molecule has 0 saturated heterocycles. The van der Waals surface area contributed by atoms with E-state index in [1.54, 1.807) is 32.4 Å². The summed E-state index contributed by atoms with van der Waals surface area (Å²) in [5, 5.41) is 15.3. The maximum Gasteiger partial charge on any atom is 0.251 e. The van der Waals surface area contributed by atoms with Crippen molar-refractivity contribution in [3.05, 3.63) is 89.3 Å². The van der Waals surface area contributed by atoms with E-state index in [9.17, 15) is 10.0 Å². The summed E-state index contributed by atoms with van der Waals surface area (Å²) in [5.74, 6) is 1.45. The summed E-state index contributed by atoms with van der Waals surface area (Å²) in [6.07, 6.45) is 1.41. The summed E-state index contributed by atoms with van der Waals surface area (Å²) in [5.41, 5.74) is 1.85. The van der Waals surface area contributed by atoms with E-state index in [0.717, 1.165) is 27.4 Å². The number of benzene rings is 2. The van der Waals surface area contributed by atoms with E-state index in [1.165, 1.54) is 18.0 Å². The quantitative estimate of drug-likeness (QED) is 0.350. The molecule has 0 aliphatic heterocycles. The molecule has 1 heterocycles. The molecule has 0 aliphatic rings. The Balaban J connectivity index is 1.78. The highest BCUT2D eigenvalue weighted by Crippen LogP contribution is 2.26. The van der Waals surface area contributed by atoms with E-state index in [4.69, 9.17) is 9.47 Å². The first-order valence-corrected chi connectivity index (χ1v) is 9.97. The fourth-order valence-electron chi connectivity index (χ4n) is 2.82. The van der Waals surface area contributed by atoms with Crippen LogP contribution in [0.2, 0.25) is 0 Å². The Hall–Kier alpha value is -3.19. The van der Waals surface area contributed by atoms with Gasteiger partial charge in [0.25, 0.3) is 5.03 Å². The van der Waals surface area contributed by atoms with Crippen molar-refractivity contribution < 1.29 is 19.0 Å². The summed E-state index contributed by atoms with van der Waals surface area (Å²) < 4.78 is 11.2. The van der Waals surface area contributed by atoms with Gasteiger partial charge in [0.1, 0.15) is 11.5 Å². The molecule has 0 fully saturated rings. The van der Waals surface area contributed by atoms with Crippen LogP contribution in [-0.4, -0.2) is 25.9 Å². The number of carbonyl (C=O) groups excluding carboxylic acids is 1. The van der Waals surface area contributed by atoms with Crippen molar-refractivity contribution in [2.24, 2.45) is 0 Å². The molecule has 0 saturated carbocycles. The average molecular weight is 410 g/mol. The van der Waals surface area contributed by atoms with Crippen molar-refractivity contribution in [1.82, 2.24) is 5.32 Å². The van der Waals surface area contributed by atoms with Gasteiger partial charge >= 0.3 is 0 Å². The second-order valence-electron chi connectivity index (χ2n) is 6.20. The maximum atomic E-state index is 12.6. The van der Waals surface area contributed by atoms with Crippen molar-refractivity contribution >= 4 is 17.7 Å². The lowest BCUT2D eigenvalue weighted by Crippen LogP contribution is -2.32. The highest BCUT2D eigenvalue weighted by atomic mass is 32.2. The van der Waals surface area contributed by atoms with Gasteiger partial charge in [0, 0.05) is 12.1 Å². The molecule has 1 N–H and O–H groups in total. The Labute approximate surface area is 174 Å². The van der Waals surface area contributed by atoms with E-state index < -0.39 is 0 Å². The first kappa shape index (κ1) is 20.5. The van der Waals surface area contributed by atoms with Crippen molar-refractivity contribution in [2.45, 2.75) is 11.1 Å². The monoisotopic (exact) mass is 410 g/mol. The molecule has 150 valence electrons. The van der Waals surface area contributed by atoms with Crippen LogP contribution in [0.1, 0.15) is 17.2 Å². The van der Waals surface area contributed by atoms with Crippen LogP contribution in [0.25, 0.3) is 0 Å². The van der Waals surface area contributed by atoms with Gasteiger partial charge in [0.2, 0.25) is 5.91 Å². The SMILES string of the molecule is COc1ccc(C(NC(=O)CSc2cccc[n+]2[O-])c2ccc(OC)cc2)cc1. The zero-order valence-corrected chi connectivity index (χ0v) is 17.0. The van der Waals surface area contributed by atoms with Crippen LogP contribution < -0.4 is 19.5 Å². The number of nitrogens with zero attached hydrogens (tertiary/aromatic N) is 1. The number of pyridine rings is 1. The lowest BCUT2D eigenvalue weighted by molar-refractivity contribution is -0.645. The Morgan fingerprint density at radius 1 is 0.966 bits per heavy atom. The molecular weight excluding hydrogens is 388 g/mol. The van der Waals surface area contributed by atoms with Crippen LogP contribution in [0, 0.1) is 5.21 Å². The summed E-state index contributed by atoms with van der Waals surface area (Å²) in [6.45, 7) is 0. The van der Waals surface area contributed by atoms with Gasteiger partial charge < -0.3 is 20.0 Å². The van der Waals surface area contributed by atoms with E-state index in [0.29, 0.717) is 5.03 Å². The number of aromatic nitrogens is 1. The summed E-state index contributed by atoms with van der Waals surface area (Å²) in [6, 6.07) is 19.9. The Morgan fingerprint density at radius 2 is 1.52 bits per heavy atom. The number of thioether (sulfide) groups is 1. The van der Waals surface area contributed by atoms with Crippen LogP contribution in [0.3, 0.4) is 0 Å². The predicted octanol–water partition coefficient (Wildman–Crippen LogP) is 3.34. The van der Waals surface area contributed by atoms with Crippen LogP contribution in [0.15, 0.2) is 78.0 Å². The molecule has 2 aromatic carbocycles. The van der Waals surface area contributed by atoms with E-state index >= 15 is 0 Å². The molecule has 0 atom stereocenters. The van der Waals surface area contributed by atoms with Crippen LogP contribution in [0.5, 0.6) is 11.5 Å². The zero-order chi connectivity index (χ0) is 20.6. The van der Waals surface area contributed by atoms with Gasteiger partial charge in [-0.25, -0.2) is 0 Å². The van der Waals surface area contributed by atoms with E-state index in [-0.39, 0.29) is 17.7 Å². The van der Waals surface area contributed by atoms with Gasteiger partial charge in [-0.2, -0.15) is 4.73 Å². The van der Waals surface area contributed by atoms with Crippen molar-refractivity contribution in [2.75, 3.05) is 20.0 Å². The van der Waals surface area contributed by atoms with Crippen LogP contribution in [0.4, 0.5) is 0 Å². The highest BCUT2D eigenvalue weighted by Gasteiger charge is 2.18. The first-order valence-electron chi connectivity index (χ1n) is 8.99. The number of amides is 1. The van der Waals surface area contributed by atoms with Gasteiger partial charge in [-0.1, -0.05) is 24.3 Å². The second-order valence-corrected chi connectivity index (χ2v) is 7.20. The lowest BCUT2D eigenvalue weighted by Gasteiger charge is -2.20. The standard InChI is InChI=1S/C22H22N2O4S/c1-27-18-10-6-16(7-11-18)22(17-8-12-19(28-2)13-9-17)23-20(25)15-29-21-5-3-4-14-24(21)26/h3-14,22H,15H2,1-2H3,(H,23,25). The fourth-order valence-corrected chi connectivity index (χ4v) is 3.54. The van der Waals surface area contributed by atoms with Crippen LogP contribution in [-0.2, 0) is 4.79 Å². The first-order chi connectivity index (χ1) is 14.1. The Kier molecular flexibility index (Phi) is 6.97. The number of ether oxygens (including phenoxy) is 2. The minimum Gasteiger partial charge on any atom is -0.618 e. The molecular formula is C22H22N2O4S. The fraction of sp³-hybridized carbons (Fsp3) is 0.182. The maximum absolute atomic E-state index is 12.6. The lowest BCUT2D eigenvalue weighted by atomic mass is 9.98. The number of carbonyl (C=O) groups is 1. The smallest absolute Gasteiger partial charge is 0.251 e. The average Bonchev–Trinajstić information content (AvgIpc) is 2.77. The third-order valence-corrected chi connectivity index (χ3v) is 5.36. The van der Waals surface area contributed by atoms with Crippen molar-refractivity contribution in [3.8, 4) is 11.5 Å². The minimum atomic E-state index is -0.338. The van der Waals surface area contributed by atoms with E-state index in [2.05, 4.69) is 5.32 Å². The molecule has 3 aromatic rings. The highest BCUT2D eigenvalue weighted by molar-refractivity contribution is 7.99. The van der Waals surface area contributed by atoms with E-state index in [1.807, 2.05) is 48.5 Å². The molecule has 0 radical (unpaired) electrons. The molecule has 7 heteroatoms.